The lowest BCUT2D eigenvalue weighted by Gasteiger charge is -2.37. The normalized spacial score (nSPS) is 37.8. The zero-order valence-electron chi connectivity index (χ0n) is 13.1. The van der Waals surface area contributed by atoms with Crippen LogP contribution in [0.25, 0.3) is 0 Å². The van der Waals surface area contributed by atoms with Crippen LogP contribution < -0.4 is 11.1 Å². The van der Waals surface area contributed by atoms with Crippen molar-refractivity contribution in [2.24, 2.45) is 11.7 Å². The molecule has 0 spiro atoms. The molecule has 0 aromatic rings. The zero-order valence-corrected chi connectivity index (χ0v) is 13.1. The van der Waals surface area contributed by atoms with Crippen LogP contribution in [0.3, 0.4) is 0 Å². The van der Waals surface area contributed by atoms with Crippen molar-refractivity contribution in [2.75, 3.05) is 26.3 Å². The maximum atomic E-state index is 12.1. The first kappa shape index (κ1) is 15.3. The van der Waals surface area contributed by atoms with Gasteiger partial charge in [0, 0.05) is 18.6 Å². The van der Waals surface area contributed by atoms with Gasteiger partial charge in [-0.25, -0.2) is 0 Å². The topological polar surface area (TPSA) is 67.6 Å². The van der Waals surface area contributed by atoms with Crippen LogP contribution in [-0.2, 0) is 9.53 Å². The van der Waals surface area contributed by atoms with Crippen molar-refractivity contribution in [3.05, 3.63) is 0 Å². The lowest BCUT2D eigenvalue weighted by atomic mass is 9.83. The molecule has 0 bridgehead atoms. The van der Waals surface area contributed by atoms with Crippen molar-refractivity contribution < 1.29 is 9.53 Å². The Morgan fingerprint density at radius 2 is 2.24 bits per heavy atom. The number of primary amides is 1. The van der Waals surface area contributed by atoms with E-state index in [2.05, 4.69) is 17.1 Å². The predicted octanol–water partition coefficient (Wildman–Crippen LogP) is 0.873. The number of nitrogens with two attached hydrogens (primary N) is 1. The number of hydrogen-bond acceptors (Lipinski definition) is 4. The fraction of sp³-hybridized carbons (Fsp3) is 0.938. The van der Waals surface area contributed by atoms with Crippen molar-refractivity contribution in [3.8, 4) is 0 Å². The highest BCUT2D eigenvalue weighted by atomic mass is 16.5. The Balaban J connectivity index is 1.60. The smallest absolute Gasteiger partial charge is 0.238 e. The quantitative estimate of drug-likeness (QED) is 0.763. The zero-order chi connectivity index (χ0) is 14.9. The number of hydrogen-bond donors (Lipinski definition) is 2. The van der Waals surface area contributed by atoms with Crippen LogP contribution in [0, 0.1) is 5.92 Å². The molecule has 0 radical (unpaired) electrons. The van der Waals surface area contributed by atoms with Gasteiger partial charge in [0.2, 0.25) is 5.91 Å². The molecule has 2 aliphatic carbocycles. The summed E-state index contributed by atoms with van der Waals surface area (Å²) in [7, 11) is 0. The largest absolute Gasteiger partial charge is 0.379 e. The minimum absolute atomic E-state index is 0.132. The molecule has 1 saturated heterocycles. The number of nitrogens with one attached hydrogen (secondary N) is 1. The number of nitrogens with zero attached hydrogens (tertiary/aromatic N) is 1. The number of amides is 1. The summed E-state index contributed by atoms with van der Waals surface area (Å²) < 4.78 is 5.50. The average molecular weight is 295 g/mol. The second-order valence-electron chi connectivity index (χ2n) is 7.09. The maximum absolute atomic E-state index is 12.1. The molecule has 21 heavy (non-hydrogen) atoms. The van der Waals surface area contributed by atoms with E-state index in [0.29, 0.717) is 18.0 Å². The monoisotopic (exact) mass is 295 g/mol. The Bertz CT molecular complexity index is 386. The molecule has 120 valence electrons. The molecule has 3 unspecified atom stereocenters. The number of rotatable bonds is 6. The van der Waals surface area contributed by atoms with Crippen LogP contribution in [0.2, 0.25) is 0 Å². The van der Waals surface area contributed by atoms with Crippen LogP contribution in [0.4, 0.5) is 0 Å². The standard InChI is InChI=1S/C16H29N3O2/c1-12-11-21-10-9-19(12)8-6-13-3-2-7-16(13,15(17)20)18-14-4-5-14/h12-14,18H,2-11H2,1H3,(H2,17,20). The summed E-state index contributed by atoms with van der Waals surface area (Å²) in [6.07, 6.45) is 6.62. The lowest BCUT2D eigenvalue weighted by Crippen LogP contribution is -2.59. The third-order valence-corrected chi connectivity index (χ3v) is 5.57. The summed E-state index contributed by atoms with van der Waals surface area (Å²) in [4.78, 5) is 14.6. The Hall–Kier alpha value is -0.650. The SMILES string of the molecule is CC1COCCN1CCC1CCCC1(NC1CC1)C(N)=O. The second-order valence-corrected chi connectivity index (χ2v) is 7.09. The summed E-state index contributed by atoms with van der Waals surface area (Å²) in [6, 6.07) is 1.01. The van der Waals surface area contributed by atoms with Gasteiger partial charge in [0.1, 0.15) is 5.54 Å². The van der Waals surface area contributed by atoms with Crippen molar-refractivity contribution >= 4 is 5.91 Å². The van der Waals surface area contributed by atoms with Crippen molar-refractivity contribution in [1.82, 2.24) is 10.2 Å². The van der Waals surface area contributed by atoms with Crippen molar-refractivity contribution in [3.63, 3.8) is 0 Å². The molecule has 5 nitrogen and oxygen atoms in total. The Labute approximate surface area is 127 Å². The minimum atomic E-state index is -0.434. The number of ether oxygens (including phenoxy) is 1. The van der Waals surface area contributed by atoms with Gasteiger partial charge < -0.3 is 15.8 Å². The summed E-state index contributed by atoms with van der Waals surface area (Å²) in [6.45, 7) is 5.93. The fourth-order valence-electron chi connectivity index (χ4n) is 4.06. The second kappa shape index (κ2) is 6.23. The molecule has 3 atom stereocenters. The molecule has 3 N–H and O–H groups in total. The first-order valence-electron chi connectivity index (χ1n) is 8.51. The van der Waals surface area contributed by atoms with E-state index in [1.807, 2.05) is 0 Å². The van der Waals surface area contributed by atoms with Crippen LogP contribution in [0.5, 0.6) is 0 Å². The van der Waals surface area contributed by atoms with Crippen LogP contribution in [0.1, 0.15) is 45.4 Å². The summed E-state index contributed by atoms with van der Waals surface area (Å²) >= 11 is 0. The first-order valence-corrected chi connectivity index (χ1v) is 8.51. The van der Waals surface area contributed by atoms with Gasteiger partial charge in [0.15, 0.2) is 0 Å². The fourth-order valence-corrected chi connectivity index (χ4v) is 4.06. The van der Waals surface area contributed by atoms with Gasteiger partial charge in [-0.3, -0.25) is 9.69 Å². The average Bonchev–Trinajstić information content (AvgIpc) is 3.17. The summed E-state index contributed by atoms with van der Waals surface area (Å²) in [5, 5.41) is 3.60. The van der Waals surface area contributed by atoms with Gasteiger partial charge >= 0.3 is 0 Å². The highest BCUT2D eigenvalue weighted by Crippen LogP contribution is 2.40. The molecule has 1 aliphatic heterocycles. The molecule has 0 aromatic carbocycles. The van der Waals surface area contributed by atoms with Crippen molar-refractivity contribution in [1.29, 1.82) is 0 Å². The molecule has 3 rings (SSSR count). The van der Waals surface area contributed by atoms with Gasteiger partial charge in [-0.2, -0.15) is 0 Å². The van der Waals surface area contributed by atoms with E-state index >= 15 is 0 Å². The van der Waals surface area contributed by atoms with E-state index in [-0.39, 0.29) is 5.91 Å². The maximum Gasteiger partial charge on any atom is 0.238 e. The molecule has 1 amide bonds. The Kier molecular flexibility index (Phi) is 4.52. The molecule has 3 fully saturated rings. The highest BCUT2D eigenvalue weighted by molar-refractivity contribution is 5.85. The lowest BCUT2D eigenvalue weighted by molar-refractivity contribution is -0.126. The van der Waals surface area contributed by atoms with E-state index in [1.165, 1.54) is 12.8 Å². The van der Waals surface area contributed by atoms with Gasteiger partial charge in [0.05, 0.1) is 13.2 Å². The molecule has 0 aromatic heterocycles. The Morgan fingerprint density at radius 1 is 1.43 bits per heavy atom. The van der Waals surface area contributed by atoms with E-state index in [4.69, 9.17) is 10.5 Å². The van der Waals surface area contributed by atoms with Gasteiger partial charge in [-0.15, -0.1) is 0 Å². The van der Waals surface area contributed by atoms with Gasteiger partial charge in [0.25, 0.3) is 0 Å². The molecule has 2 saturated carbocycles. The molecule has 5 heteroatoms. The number of carbonyl (C=O) groups excluding carboxylic acids is 1. The number of morpholine rings is 1. The van der Waals surface area contributed by atoms with Crippen molar-refractivity contribution in [2.45, 2.75) is 63.1 Å². The third-order valence-electron chi connectivity index (χ3n) is 5.57. The van der Waals surface area contributed by atoms with Gasteiger partial charge in [-0.05, 0) is 51.5 Å². The minimum Gasteiger partial charge on any atom is -0.379 e. The first-order chi connectivity index (χ1) is 10.1. The summed E-state index contributed by atoms with van der Waals surface area (Å²) in [5.41, 5.74) is 5.37. The van der Waals surface area contributed by atoms with E-state index in [0.717, 1.165) is 52.0 Å². The predicted molar refractivity (Wildman–Crippen MR) is 81.9 cm³/mol. The van der Waals surface area contributed by atoms with Crippen LogP contribution in [0.15, 0.2) is 0 Å². The summed E-state index contributed by atoms with van der Waals surface area (Å²) in [5.74, 6) is 0.262. The molecule has 3 aliphatic rings. The number of carbonyl (C=O) groups is 1. The molecule has 1 heterocycles. The van der Waals surface area contributed by atoms with Gasteiger partial charge in [-0.1, -0.05) is 6.42 Å². The molecular weight excluding hydrogens is 266 g/mol. The van der Waals surface area contributed by atoms with E-state index in [9.17, 15) is 4.79 Å². The highest BCUT2D eigenvalue weighted by Gasteiger charge is 2.49. The van der Waals surface area contributed by atoms with E-state index < -0.39 is 5.54 Å². The third kappa shape index (κ3) is 3.25. The van der Waals surface area contributed by atoms with E-state index in [1.54, 1.807) is 0 Å². The van der Waals surface area contributed by atoms with Crippen LogP contribution in [-0.4, -0.2) is 54.7 Å². The molecular formula is C16H29N3O2. The Morgan fingerprint density at radius 3 is 2.90 bits per heavy atom. The van der Waals surface area contributed by atoms with Crippen LogP contribution >= 0.6 is 0 Å².